The molecular weight excluding hydrogens is 293 g/mol. The summed E-state index contributed by atoms with van der Waals surface area (Å²) >= 11 is 5.95. The van der Waals surface area contributed by atoms with Crippen molar-refractivity contribution in [2.24, 2.45) is 0 Å². The van der Waals surface area contributed by atoms with Crippen molar-refractivity contribution in [3.63, 3.8) is 0 Å². The summed E-state index contributed by atoms with van der Waals surface area (Å²) in [5.74, 6) is 0.00293. The van der Waals surface area contributed by atoms with Gasteiger partial charge in [-0.1, -0.05) is 11.6 Å². The van der Waals surface area contributed by atoms with E-state index in [-0.39, 0.29) is 10.9 Å². The summed E-state index contributed by atoms with van der Waals surface area (Å²) in [6, 6.07) is 3.35. The first-order valence-corrected chi connectivity index (χ1v) is 6.54. The zero-order valence-electron chi connectivity index (χ0n) is 10.9. The largest absolute Gasteiger partial charge is 0.416 e. The summed E-state index contributed by atoms with van der Waals surface area (Å²) in [7, 11) is 0. The molecule has 0 unspecified atom stereocenters. The van der Waals surface area contributed by atoms with Crippen molar-refractivity contribution in [1.82, 2.24) is 4.90 Å². The van der Waals surface area contributed by atoms with Crippen LogP contribution in [0, 0.1) is 0 Å². The molecule has 2 rings (SSSR count). The van der Waals surface area contributed by atoms with Crippen molar-refractivity contribution >= 4 is 23.2 Å². The third-order valence-corrected chi connectivity index (χ3v) is 3.64. The molecule has 0 N–H and O–H groups in total. The normalized spacial score (nSPS) is 16.4. The van der Waals surface area contributed by atoms with E-state index in [4.69, 9.17) is 11.6 Å². The number of alkyl halides is 3. The Balaban J connectivity index is 2.13. The van der Waals surface area contributed by atoms with E-state index in [1.54, 1.807) is 4.90 Å². The first-order valence-electron chi connectivity index (χ1n) is 6.16. The Morgan fingerprint density at radius 1 is 1.20 bits per heavy atom. The third kappa shape index (κ3) is 3.17. The SMILES string of the molecule is CC(=O)N1CCN(c2ccc(C(F)(F)F)cc2Cl)CC1. The average Bonchev–Trinajstić information content (AvgIpc) is 2.37. The number of piperazine rings is 1. The molecule has 0 radical (unpaired) electrons. The fraction of sp³-hybridized carbons (Fsp3) is 0.462. The van der Waals surface area contributed by atoms with Crippen LogP contribution in [0.2, 0.25) is 5.02 Å². The predicted molar refractivity (Wildman–Crippen MR) is 70.9 cm³/mol. The first-order chi connectivity index (χ1) is 9.29. The van der Waals surface area contributed by atoms with Gasteiger partial charge in [0.25, 0.3) is 0 Å². The number of carbonyl (C=O) groups is 1. The number of hydrogen-bond acceptors (Lipinski definition) is 2. The molecule has 0 spiro atoms. The molecule has 1 heterocycles. The highest BCUT2D eigenvalue weighted by Crippen LogP contribution is 2.35. The van der Waals surface area contributed by atoms with Crippen LogP contribution in [-0.4, -0.2) is 37.0 Å². The van der Waals surface area contributed by atoms with Gasteiger partial charge in [0.05, 0.1) is 16.3 Å². The van der Waals surface area contributed by atoms with E-state index in [0.717, 1.165) is 12.1 Å². The second-order valence-electron chi connectivity index (χ2n) is 4.66. The maximum absolute atomic E-state index is 12.6. The van der Waals surface area contributed by atoms with Crippen LogP contribution in [0.1, 0.15) is 12.5 Å². The van der Waals surface area contributed by atoms with Gasteiger partial charge in [0, 0.05) is 33.1 Å². The summed E-state index contributed by atoms with van der Waals surface area (Å²) < 4.78 is 37.7. The molecule has 1 aromatic carbocycles. The van der Waals surface area contributed by atoms with Crippen molar-refractivity contribution in [2.45, 2.75) is 13.1 Å². The number of anilines is 1. The second kappa shape index (κ2) is 5.52. The summed E-state index contributed by atoms with van der Waals surface area (Å²) in [6.45, 7) is 3.72. The number of hydrogen-bond donors (Lipinski definition) is 0. The van der Waals surface area contributed by atoms with Gasteiger partial charge in [-0.05, 0) is 18.2 Å². The number of rotatable bonds is 1. The lowest BCUT2D eigenvalue weighted by molar-refractivity contribution is -0.137. The topological polar surface area (TPSA) is 23.6 Å². The number of carbonyl (C=O) groups excluding carboxylic acids is 1. The quantitative estimate of drug-likeness (QED) is 0.796. The molecule has 0 atom stereocenters. The standard InChI is InChI=1S/C13H14ClF3N2O/c1-9(20)18-4-6-19(7-5-18)12-3-2-10(8-11(12)14)13(15,16)17/h2-3,8H,4-7H2,1H3. The van der Waals surface area contributed by atoms with Crippen LogP contribution in [0.4, 0.5) is 18.9 Å². The molecule has 7 heteroatoms. The minimum Gasteiger partial charge on any atom is -0.367 e. The lowest BCUT2D eigenvalue weighted by atomic mass is 10.1. The monoisotopic (exact) mass is 306 g/mol. The average molecular weight is 307 g/mol. The van der Waals surface area contributed by atoms with Crippen molar-refractivity contribution in [1.29, 1.82) is 0 Å². The van der Waals surface area contributed by atoms with Gasteiger partial charge in [0.1, 0.15) is 0 Å². The molecule has 1 saturated heterocycles. The molecule has 1 aliphatic heterocycles. The zero-order chi connectivity index (χ0) is 14.9. The molecule has 20 heavy (non-hydrogen) atoms. The molecule has 1 amide bonds. The van der Waals surface area contributed by atoms with Crippen LogP contribution in [0.15, 0.2) is 18.2 Å². The van der Waals surface area contributed by atoms with Gasteiger partial charge in [0.15, 0.2) is 0 Å². The Bertz CT molecular complexity index is 511. The second-order valence-corrected chi connectivity index (χ2v) is 5.06. The Morgan fingerprint density at radius 2 is 1.80 bits per heavy atom. The first kappa shape index (κ1) is 15.0. The number of nitrogens with zero attached hydrogens (tertiary/aromatic N) is 2. The molecule has 0 aliphatic carbocycles. The summed E-state index contributed by atoms with van der Waals surface area (Å²) in [5.41, 5.74) is -0.184. The smallest absolute Gasteiger partial charge is 0.367 e. The Kier molecular flexibility index (Phi) is 4.13. The van der Waals surface area contributed by atoms with Crippen LogP contribution in [-0.2, 0) is 11.0 Å². The van der Waals surface area contributed by atoms with E-state index in [0.29, 0.717) is 31.9 Å². The van der Waals surface area contributed by atoms with Gasteiger partial charge in [-0.3, -0.25) is 4.79 Å². The lowest BCUT2D eigenvalue weighted by Gasteiger charge is -2.36. The van der Waals surface area contributed by atoms with Crippen molar-refractivity contribution in [3.05, 3.63) is 28.8 Å². The van der Waals surface area contributed by atoms with Crippen molar-refractivity contribution in [3.8, 4) is 0 Å². The predicted octanol–water partition coefficient (Wildman–Crippen LogP) is 3.03. The van der Waals surface area contributed by atoms with Crippen LogP contribution in [0.3, 0.4) is 0 Å². The minimum absolute atomic E-state index is 0.00293. The van der Waals surface area contributed by atoms with Crippen molar-refractivity contribution < 1.29 is 18.0 Å². The van der Waals surface area contributed by atoms with Crippen LogP contribution in [0.5, 0.6) is 0 Å². The van der Waals surface area contributed by atoms with Crippen molar-refractivity contribution in [2.75, 3.05) is 31.1 Å². The summed E-state index contributed by atoms with van der Waals surface area (Å²) in [5, 5.41) is 0.0797. The Labute approximate surface area is 119 Å². The van der Waals surface area contributed by atoms with Crippen LogP contribution < -0.4 is 4.90 Å². The van der Waals surface area contributed by atoms with Gasteiger partial charge in [0.2, 0.25) is 5.91 Å². The molecule has 1 fully saturated rings. The maximum Gasteiger partial charge on any atom is 0.416 e. The van der Waals surface area contributed by atoms with Gasteiger partial charge in [-0.25, -0.2) is 0 Å². The van der Waals surface area contributed by atoms with Crippen LogP contribution >= 0.6 is 11.6 Å². The molecule has 110 valence electrons. The van der Waals surface area contributed by atoms with Crippen LogP contribution in [0.25, 0.3) is 0 Å². The maximum atomic E-state index is 12.6. The summed E-state index contributed by atoms with van der Waals surface area (Å²) in [4.78, 5) is 14.8. The van der Waals surface area contributed by atoms with E-state index in [9.17, 15) is 18.0 Å². The van der Waals surface area contributed by atoms with E-state index in [2.05, 4.69) is 0 Å². The molecule has 0 saturated carbocycles. The molecule has 3 nitrogen and oxygen atoms in total. The molecular formula is C13H14ClF3N2O. The van der Waals surface area contributed by atoms with E-state index >= 15 is 0 Å². The number of amides is 1. The highest BCUT2D eigenvalue weighted by molar-refractivity contribution is 6.33. The molecule has 0 aromatic heterocycles. The Morgan fingerprint density at radius 3 is 2.25 bits per heavy atom. The van der Waals surface area contributed by atoms with E-state index < -0.39 is 11.7 Å². The Hall–Kier alpha value is -1.43. The molecule has 1 aromatic rings. The minimum atomic E-state index is -4.39. The van der Waals surface area contributed by atoms with E-state index in [1.807, 2.05) is 4.90 Å². The zero-order valence-corrected chi connectivity index (χ0v) is 11.6. The highest BCUT2D eigenvalue weighted by Gasteiger charge is 2.31. The lowest BCUT2D eigenvalue weighted by Crippen LogP contribution is -2.48. The number of benzene rings is 1. The van der Waals surface area contributed by atoms with E-state index in [1.165, 1.54) is 13.0 Å². The fourth-order valence-corrected chi connectivity index (χ4v) is 2.50. The third-order valence-electron chi connectivity index (χ3n) is 3.34. The fourth-order valence-electron chi connectivity index (χ4n) is 2.20. The number of halogens is 4. The molecule has 0 bridgehead atoms. The van der Waals surface area contributed by atoms with Gasteiger partial charge in [-0.15, -0.1) is 0 Å². The van der Waals surface area contributed by atoms with Gasteiger partial charge < -0.3 is 9.80 Å². The summed E-state index contributed by atoms with van der Waals surface area (Å²) in [6.07, 6.45) is -4.39. The molecule has 1 aliphatic rings. The van der Waals surface area contributed by atoms with Gasteiger partial charge >= 0.3 is 6.18 Å². The highest BCUT2D eigenvalue weighted by atomic mass is 35.5. The van der Waals surface area contributed by atoms with Gasteiger partial charge in [-0.2, -0.15) is 13.2 Å².